The molecule has 1 aliphatic rings. The van der Waals surface area contributed by atoms with Crippen molar-refractivity contribution < 1.29 is 30.6 Å². The maximum Gasteiger partial charge on any atom is 0.534 e. The van der Waals surface area contributed by atoms with Gasteiger partial charge in [0.2, 0.25) is 0 Å². The second kappa shape index (κ2) is 5.52. The van der Waals surface area contributed by atoms with Crippen molar-refractivity contribution in [3.63, 3.8) is 0 Å². The van der Waals surface area contributed by atoms with Crippen molar-refractivity contribution >= 4 is 15.9 Å². The maximum atomic E-state index is 12.1. The number of Topliss-reactive ketones (excluding diaryl/α,β-unsaturated/α-hetero) is 1. The fourth-order valence-corrected chi connectivity index (χ4v) is 2.41. The van der Waals surface area contributed by atoms with Crippen molar-refractivity contribution in [2.45, 2.75) is 38.6 Å². The molecule has 1 aliphatic carbocycles. The Morgan fingerprint density at radius 3 is 2.42 bits per heavy atom. The first kappa shape index (κ1) is 16.0. The standard InChI is InChI=1S/C11H15F3O4S/c1-7(8(2)15)9-3-5-10(6-4-9)18-19(16,17)11(12,13)14/h5,7,9H,3-4,6H2,1-2H3. The Bertz CT molecular complexity index is 479. The number of carbonyl (C=O) groups excluding carboxylic acids is 1. The van der Waals surface area contributed by atoms with E-state index < -0.39 is 15.6 Å². The summed E-state index contributed by atoms with van der Waals surface area (Å²) in [5, 5.41) is 0. The van der Waals surface area contributed by atoms with Crippen LogP contribution in [0, 0.1) is 11.8 Å². The minimum Gasteiger partial charge on any atom is -0.381 e. The molecular weight excluding hydrogens is 285 g/mol. The zero-order valence-corrected chi connectivity index (χ0v) is 11.3. The van der Waals surface area contributed by atoms with Crippen LogP contribution in [0.15, 0.2) is 11.8 Å². The number of allylic oxidation sites excluding steroid dienone is 2. The lowest BCUT2D eigenvalue weighted by Crippen LogP contribution is -2.27. The van der Waals surface area contributed by atoms with Gasteiger partial charge in [0.1, 0.15) is 11.5 Å². The first-order valence-electron chi connectivity index (χ1n) is 5.75. The van der Waals surface area contributed by atoms with Gasteiger partial charge < -0.3 is 4.18 Å². The fraction of sp³-hybridized carbons (Fsp3) is 0.727. The van der Waals surface area contributed by atoms with Gasteiger partial charge in [-0.05, 0) is 31.8 Å². The van der Waals surface area contributed by atoms with Gasteiger partial charge in [-0.1, -0.05) is 6.92 Å². The monoisotopic (exact) mass is 300 g/mol. The van der Waals surface area contributed by atoms with Gasteiger partial charge >= 0.3 is 15.6 Å². The van der Waals surface area contributed by atoms with Crippen molar-refractivity contribution in [1.82, 2.24) is 0 Å². The summed E-state index contributed by atoms with van der Waals surface area (Å²) in [6.45, 7) is 3.20. The molecule has 0 saturated heterocycles. The van der Waals surface area contributed by atoms with Crippen molar-refractivity contribution in [2.24, 2.45) is 11.8 Å². The van der Waals surface area contributed by atoms with Gasteiger partial charge in [0.15, 0.2) is 0 Å². The van der Waals surface area contributed by atoms with Gasteiger partial charge in [0.25, 0.3) is 0 Å². The van der Waals surface area contributed by atoms with Crippen LogP contribution >= 0.6 is 0 Å². The molecule has 0 fully saturated rings. The lowest BCUT2D eigenvalue weighted by Gasteiger charge is -2.25. The second-order valence-corrected chi connectivity index (χ2v) is 6.13. The number of hydrogen-bond donors (Lipinski definition) is 0. The lowest BCUT2D eigenvalue weighted by molar-refractivity contribution is -0.121. The van der Waals surface area contributed by atoms with Crippen LogP contribution in [-0.4, -0.2) is 19.7 Å². The summed E-state index contributed by atoms with van der Waals surface area (Å²) < 4.78 is 62.0. The molecular formula is C11H15F3O4S. The van der Waals surface area contributed by atoms with Crippen molar-refractivity contribution in [1.29, 1.82) is 0 Å². The Balaban J connectivity index is 2.69. The second-order valence-electron chi connectivity index (χ2n) is 4.59. The van der Waals surface area contributed by atoms with E-state index >= 15 is 0 Å². The van der Waals surface area contributed by atoms with E-state index in [1.807, 2.05) is 0 Å². The Morgan fingerprint density at radius 1 is 1.47 bits per heavy atom. The van der Waals surface area contributed by atoms with Crippen LogP contribution in [0.2, 0.25) is 0 Å². The molecule has 0 saturated carbocycles. The smallest absolute Gasteiger partial charge is 0.381 e. The van der Waals surface area contributed by atoms with Crippen molar-refractivity contribution in [2.75, 3.05) is 0 Å². The van der Waals surface area contributed by atoms with E-state index in [1.165, 1.54) is 13.0 Å². The maximum absolute atomic E-state index is 12.1. The molecule has 4 nitrogen and oxygen atoms in total. The number of hydrogen-bond acceptors (Lipinski definition) is 4. The fourth-order valence-electron chi connectivity index (χ4n) is 1.88. The van der Waals surface area contributed by atoms with E-state index in [4.69, 9.17) is 0 Å². The van der Waals surface area contributed by atoms with Gasteiger partial charge in [-0.15, -0.1) is 0 Å². The summed E-state index contributed by atoms with van der Waals surface area (Å²) in [5.41, 5.74) is -5.42. The summed E-state index contributed by atoms with van der Waals surface area (Å²) >= 11 is 0. The molecule has 0 N–H and O–H groups in total. The molecule has 0 aromatic carbocycles. The third kappa shape index (κ3) is 3.95. The minimum absolute atomic E-state index is 0.00526. The summed E-state index contributed by atoms with van der Waals surface area (Å²) in [4.78, 5) is 11.2. The Morgan fingerprint density at radius 2 is 2.05 bits per heavy atom. The van der Waals surface area contributed by atoms with E-state index in [0.717, 1.165) is 0 Å². The molecule has 2 unspecified atom stereocenters. The van der Waals surface area contributed by atoms with Gasteiger partial charge in [0, 0.05) is 12.3 Å². The quantitative estimate of drug-likeness (QED) is 0.591. The molecule has 0 aromatic rings. The number of ketones is 1. The summed E-state index contributed by atoms with van der Waals surface area (Å²) in [5.74, 6) is -0.384. The highest BCUT2D eigenvalue weighted by molar-refractivity contribution is 7.87. The zero-order valence-electron chi connectivity index (χ0n) is 10.5. The predicted molar refractivity (Wildman–Crippen MR) is 61.3 cm³/mol. The molecule has 0 aromatic heterocycles. The molecule has 0 aliphatic heterocycles. The zero-order chi connectivity index (χ0) is 14.8. The molecule has 0 bridgehead atoms. The molecule has 0 spiro atoms. The van der Waals surface area contributed by atoms with Gasteiger partial charge in [0.05, 0.1) is 0 Å². The van der Waals surface area contributed by atoms with E-state index in [-0.39, 0.29) is 29.8 Å². The molecule has 8 heteroatoms. The molecule has 2 atom stereocenters. The van der Waals surface area contributed by atoms with Crippen molar-refractivity contribution in [3.05, 3.63) is 11.8 Å². The highest BCUT2D eigenvalue weighted by Gasteiger charge is 2.49. The first-order valence-corrected chi connectivity index (χ1v) is 7.15. The van der Waals surface area contributed by atoms with E-state index in [0.29, 0.717) is 12.8 Å². The minimum atomic E-state index is -5.59. The molecule has 1 rings (SSSR count). The highest BCUT2D eigenvalue weighted by atomic mass is 32.2. The normalized spacial score (nSPS) is 22.6. The molecule has 0 heterocycles. The van der Waals surface area contributed by atoms with Crippen molar-refractivity contribution in [3.8, 4) is 0 Å². The van der Waals surface area contributed by atoms with E-state index in [9.17, 15) is 26.4 Å². The molecule has 0 radical (unpaired) electrons. The number of halogens is 3. The number of rotatable bonds is 4. The number of carbonyl (C=O) groups is 1. The van der Waals surface area contributed by atoms with Crippen LogP contribution in [0.1, 0.15) is 33.1 Å². The summed E-state index contributed by atoms with van der Waals surface area (Å²) in [6, 6.07) is 0. The molecule has 19 heavy (non-hydrogen) atoms. The van der Waals surface area contributed by atoms with E-state index in [1.54, 1.807) is 6.92 Å². The SMILES string of the molecule is CC(=O)C(C)C1CC=C(OS(=O)(=O)C(F)(F)F)CC1. The predicted octanol–water partition coefficient (Wildman–Crippen LogP) is 2.76. The van der Waals surface area contributed by atoms with Gasteiger partial charge in [-0.25, -0.2) is 0 Å². The Labute approximate surface area is 109 Å². The van der Waals surface area contributed by atoms with Crippen LogP contribution in [0.4, 0.5) is 13.2 Å². The van der Waals surface area contributed by atoms with Crippen LogP contribution in [0.25, 0.3) is 0 Å². The first-order chi connectivity index (χ1) is 8.54. The van der Waals surface area contributed by atoms with Crippen LogP contribution < -0.4 is 0 Å². The number of alkyl halides is 3. The van der Waals surface area contributed by atoms with Crippen LogP contribution in [0.5, 0.6) is 0 Å². The molecule has 0 amide bonds. The van der Waals surface area contributed by atoms with Gasteiger partial charge in [-0.2, -0.15) is 21.6 Å². The topological polar surface area (TPSA) is 60.4 Å². The van der Waals surface area contributed by atoms with E-state index in [2.05, 4.69) is 4.18 Å². The average molecular weight is 300 g/mol. The Kier molecular flexibility index (Phi) is 4.65. The van der Waals surface area contributed by atoms with Gasteiger partial charge in [-0.3, -0.25) is 4.79 Å². The third-order valence-corrected chi connectivity index (χ3v) is 4.26. The summed E-state index contributed by atoms with van der Waals surface area (Å²) in [7, 11) is -5.59. The lowest BCUT2D eigenvalue weighted by atomic mass is 9.82. The average Bonchev–Trinajstić information content (AvgIpc) is 2.27. The van der Waals surface area contributed by atoms with Crippen LogP contribution in [-0.2, 0) is 19.1 Å². The highest BCUT2D eigenvalue weighted by Crippen LogP contribution is 2.33. The largest absolute Gasteiger partial charge is 0.534 e. The Hall–Kier alpha value is -1.05. The van der Waals surface area contributed by atoms with Crippen LogP contribution in [0.3, 0.4) is 0 Å². The summed E-state index contributed by atoms with van der Waals surface area (Å²) in [6.07, 6.45) is 2.16. The third-order valence-electron chi connectivity index (χ3n) is 3.26. The molecule has 110 valence electrons.